The molecule has 0 aliphatic heterocycles. The fourth-order valence-corrected chi connectivity index (χ4v) is 3.95. The summed E-state index contributed by atoms with van der Waals surface area (Å²) >= 11 is 0. The first-order valence-corrected chi connectivity index (χ1v) is 10.3. The Labute approximate surface area is 165 Å². The number of benzene rings is 3. The van der Waals surface area contributed by atoms with Crippen molar-refractivity contribution in [1.82, 2.24) is 0 Å². The summed E-state index contributed by atoms with van der Waals surface area (Å²) < 4.78 is 30.9. The molecule has 0 amide bonds. The Morgan fingerprint density at radius 3 is 1.57 bits per heavy atom. The normalized spacial score (nSPS) is 15.0. The molecule has 3 aromatic carbocycles. The Bertz CT molecular complexity index is 941. The van der Waals surface area contributed by atoms with E-state index in [4.69, 9.17) is 4.18 Å². The fourth-order valence-electron chi connectivity index (χ4n) is 2.86. The summed E-state index contributed by atoms with van der Waals surface area (Å²) in [6, 6.07) is 23.2. The van der Waals surface area contributed by atoms with Gasteiger partial charge in [0.05, 0.1) is 4.90 Å². The molecule has 0 aliphatic rings. The SMILES string of the molecule is Cc1ccc(S(=O)(=O)OC(C(O)c2ccccc2)C(O)c2ccccc2)cc1. The molecule has 0 aromatic heterocycles. The van der Waals surface area contributed by atoms with Gasteiger partial charge in [0, 0.05) is 0 Å². The Morgan fingerprint density at radius 1 is 0.714 bits per heavy atom. The largest absolute Gasteiger partial charge is 0.386 e. The minimum absolute atomic E-state index is 0.0383. The first-order valence-electron chi connectivity index (χ1n) is 8.84. The molecule has 0 fully saturated rings. The van der Waals surface area contributed by atoms with Gasteiger partial charge >= 0.3 is 0 Å². The molecule has 3 aromatic rings. The molecule has 28 heavy (non-hydrogen) atoms. The van der Waals surface area contributed by atoms with E-state index in [0.717, 1.165) is 5.56 Å². The van der Waals surface area contributed by atoms with Crippen molar-refractivity contribution in [3.05, 3.63) is 102 Å². The van der Waals surface area contributed by atoms with E-state index in [0.29, 0.717) is 11.1 Å². The van der Waals surface area contributed by atoms with Gasteiger partial charge in [0.2, 0.25) is 0 Å². The highest BCUT2D eigenvalue weighted by molar-refractivity contribution is 7.86. The highest BCUT2D eigenvalue weighted by Crippen LogP contribution is 2.32. The maximum atomic E-state index is 12.8. The summed E-state index contributed by atoms with van der Waals surface area (Å²) in [5, 5.41) is 21.6. The van der Waals surface area contributed by atoms with Crippen LogP contribution in [0.25, 0.3) is 0 Å². The predicted molar refractivity (Wildman–Crippen MR) is 106 cm³/mol. The van der Waals surface area contributed by atoms with Crippen molar-refractivity contribution in [1.29, 1.82) is 0 Å². The van der Waals surface area contributed by atoms with Crippen LogP contribution in [0, 0.1) is 6.92 Å². The van der Waals surface area contributed by atoms with Crippen LogP contribution in [0.3, 0.4) is 0 Å². The first-order chi connectivity index (χ1) is 13.4. The van der Waals surface area contributed by atoms with Crippen LogP contribution in [0.5, 0.6) is 0 Å². The second-order valence-corrected chi connectivity index (χ2v) is 8.11. The quantitative estimate of drug-likeness (QED) is 0.595. The summed E-state index contributed by atoms with van der Waals surface area (Å²) in [6.07, 6.45) is -4.12. The molecule has 2 unspecified atom stereocenters. The molecule has 2 N–H and O–H groups in total. The maximum Gasteiger partial charge on any atom is 0.297 e. The average molecular weight is 398 g/mol. The topological polar surface area (TPSA) is 83.8 Å². The molecule has 0 spiro atoms. The van der Waals surface area contributed by atoms with Crippen LogP contribution in [0.15, 0.2) is 89.8 Å². The van der Waals surface area contributed by atoms with Gasteiger partial charge in [-0.1, -0.05) is 78.4 Å². The molecular weight excluding hydrogens is 376 g/mol. The third-order valence-corrected chi connectivity index (χ3v) is 5.78. The van der Waals surface area contributed by atoms with E-state index in [1.165, 1.54) is 12.1 Å². The summed E-state index contributed by atoms with van der Waals surface area (Å²) in [6.45, 7) is 1.85. The Morgan fingerprint density at radius 2 is 1.14 bits per heavy atom. The number of aliphatic hydroxyl groups excluding tert-OH is 2. The van der Waals surface area contributed by atoms with Crippen LogP contribution in [0.2, 0.25) is 0 Å². The van der Waals surface area contributed by atoms with Crippen LogP contribution >= 0.6 is 0 Å². The van der Waals surface area contributed by atoms with Crippen molar-refractivity contribution >= 4 is 10.1 Å². The van der Waals surface area contributed by atoms with E-state index in [-0.39, 0.29) is 4.90 Å². The Balaban J connectivity index is 1.97. The molecule has 0 saturated heterocycles. The van der Waals surface area contributed by atoms with E-state index >= 15 is 0 Å². The molecule has 0 saturated carbocycles. The third-order valence-electron chi connectivity index (χ3n) is 4.45. The summed E-state index contributed by atoms with van der Waals surface area (Å²) in [5.41, 5.74) is 1.80. The van der Waals surface area contributed by atoms with E-state index in [2.05, 4.69) is 0 Å². The zero-order valence-corrected chi connectivity index (χ0v) is 16.2. The second kappa shape index (κ2) is 8.67. The summed E-state index contributed by atoms with van der Waals surface area (Å²) in [7, 11) is -4.20. The molecule has 5 nitrogen and oxygen atoms in total. The van der Waals surface area contributed by atoms with Gasteiger partial charge in [-0.3, -0.25) is 4.18 Å². The minimum atomic E-state index is -4.20. The lowest BCUT2D eigenvalue weighted by Gasteiger charge is -2.27. The van der Waals surface area contributed by atoms with E-state index in [1.807, 2.05) is 6.92 Å². The Kier molecular flexibility index (Phi) is 6.26. The number of rotatable bonds is 7. The van der Waals surface area contributed by atoms with E-state index in [1.54, 1.807) is 72.8 Å². The molecule has 2 atom stereocenters. The standard InChI is InChI=1S/C22H22O5S/c1-16-12-14-19(15-13-16)28(25,26)27-22(20(23)17-8-4-2-5-9-17)21(24)18-10-6-3-7-11-18/h2-15,20-24H,1H3. The number of aryl methyl sites for hydroxylation is 1. The second-order valence-electron chi connectivity index (χ2n) is 6.54. The predicted octanol–water partition coefficient (Wildman–Crippen LogP) is 3.54. The smallest absolute Gasteiger partial charge is 0.297 e. The fraction of sp³-hybridized carbons (Fsp3) is 0.182. The first kappa shape index (κ1) is 20.2. The third kappa shape index (κ3) is 4.66. The molecule has 0 aliphatic carbocycles. The lowest BCUT2D eigenvalue weighted by Crippen LogP contribution is -2.32. The van der Waals surface area contributed by atoms with Crippen molar-refractivity contribution in [2.24, 2.45) is 0 Å². The molecule has 3 rings (SSSR count). The van der Waals surface area contributed by atoms with Crippen LogP contribution in [0.4, 0.5) is 0 Å². The van der Waals surface area contributed by atoms with Gasteiger partial charge in [0.1, 0.15) is 18.3 Å². The summed E-state index contributed by atoms with van der Waals surface area (Å²) in [5.74, 6) is 0. The zero-order chi connectivity index (χ0) is 20.1. The molecule has 146 valence electrons. The van der Waals surface area contributed by atoms with Gasteiger partial charge < -0.3 is 10.2 Å². The van der Waals surface area contributed by atoms with Gasteiger partial charge in [0.15, 0.2) is 0 Å². The average Bonchev–Trinajstić information content (AvgIpc) is 2.72. The van der Waals surface area contributed by atoms with Crippen LogP contribution < -0.4 is 0 Å². The van der Waals surface area contributed by atoms with Crippen molar-refractivity contribution in [3.8, 4) is 0 Å². The molecule has 0 radical (unpaired) electrons. The van der Waals surface area contributed by atoms with Crippen LogP contribution in [-0.4, -0.2) is 24.7 Å². The Hall–Kier alpha value is -2.51. The van der Waals surface area contributed by atoms with Gasteiger partial charge in [0.25, 0.3) is 10.1 Å². The van der Waals surface area contributed by atoms with Gasteiger partial charge in [-0.05, 0) is 30.2 Å². The van der Waals surface area contributed by atoms with E-state index in [9.17, 15) is 18.6 Å². The van der Waals surface area contributed by atoms with E-state index < -0.39 is 28.4 Å². The lowest BCUT2D eigenvalue weighted by atomic mass is 9.96. The highest BCUT2D eigenvalue weighted by atomic mass is 32.2. The van der Waals surface area contributed by atoms with Gasteiger partial charge in [-0.15, -0.1) is 0 Å². The van der Waals surface area contributed by atoms with Gasteiger partial charge in [-0.2, -0.15) is 8.42 Å². The van der Waals surface area contributed by atoms with Crippen molar-refractivity contribution in [2.75, 3.05) is 0 Å². The monoisotopic (exact) mass is 398 g/mol. The summed E-state index contributed by atoms with van der Waals surface area (Å²) in [4.78, 5) is -0.0383. The zero-order valence-electron chi connectivity index (χ0n) is 15.3. The molecule has 0 bridgehead atoms. The number of aliphatic hydroxyl groups is 2. The van der Waals surface area contributed by atoms with Gasteiger partial charge in [-0.25, -0.2) is 0 Å². The molecular formula is C22H22O5S. The van der Waals surface area contributed by atoms with Crippen LogP contribution in [0.1, 0.15) is 28.9 Å². The van der Waals surface area contributed by atoms with Crippen molar-refractivity contribution < 1.29 is 22.8 Å². The minimum Gasteiger partial charge on any atom is -0.386 e. The lowest BCUT2D eigenvalue weighted by molar-refractivity contribution is -0.0439. The highest BCUT2D eigenvalue weighted by Gasteiger charge is 2.35. The van der Waals surface area contributed by atoms with Crippen molar-refractivity contribution in [2.45, 2.75) is 30.1 Å². The van der Waals surface area contributed by atoms with Crippen molar-refractivity contribution in [3.63, 3.8) is 0 Å². The molecule has 6 heteroatoms. The number of hydrogen-bond acceptors (Lipinski definition) is 5. The number of hydrogen-bond donors (Lipinski definition) is 2. The van der Waals surface area contributed by atoms with Crippen LogP contribution in [-0.2, 0) is 14.3 Å². The maximum absolute atomic E-state index is 12.8. The molecule has 0 heterocycles.